The van der Waals surface area contributed by atoms with Crippen LogP contribution >= 0.6 is 11.6 Å². The minimum Gasteiger partial charge on any atom is -0.332 e. The fraction of sp³-hybridized carbons (Fsp3) is 0.190. The van der Waals surface area contributed by atoms with Crippen LogP contribution in [0.25, 0.3) is 10.9 Å². The third-order valence-electron chi connectivity index (χ3n) is 4.36. The second-order valence-electron chi connectivity index (χ2n) is 6.73. The van der Waals surface area contributed by atoms with E-state index < -0.39 is 28.6 Å². The van der Waals surface area contributed by atoms with Crippen LogP contribution in [-0.2, 0) is 11.0 Å². The minimum atomic E-state index is -4.65. The van der Waals surface area contributed by atoms with Gasteiger partial charge in [-0.15, -0.1) is 0 Å². The SMILES string of the molecule is Cc1cc(C(=O)N(C)CC(=O)Nc2ccc(Cl)c(C(F)(F)F)c2)c2ccccc2n1. The van der Waals surface area contributed by atoms with Crippen molar-refractivity contribution in [2.45, 2.75) is 13.1 Å². The zero-order chi connectivity index (χ0) is 22.1. The van der Waals surface area contributed by atoms with Crippen molar-refractivity contribution in [2.75, 3.05) is 18.9 Å². The summed E-state index contributed by atoms with van der Waals surface area (Å²) in [5, 5.41) is 2.54. The summed E-state index contributed by atoms with van der Waals surface area (Å²) < 4.78 is 38.9. The Morgan fingerprint density at radius 3 is 2.53 bits per heavy atom. The highest BCUT2D eigenvalue weighted by molar-refractivity contribution is 6.31. The summed E-state index contributed by atoms with van der Waals surface area (Å²) in [6.45, 7) is 1.41. The first-order valence-electron chi connectivity index (χ1n) is 8.84. The van der Waals surface area contributed by atoms with E-state index in [1.165, 1.54) is 18.0 Å². The Balaban J connectivity index is 1.76. The first-order chi connectivity index (χ1) is 14.1. The van der Waals surface area contributed by atoms with Gasteiger partial charge in [-0.1, -0.05) is 29.8 Å². The van der Waals surface area contributed by atoms with Crippen molar-refractivity contribution in [1.82, 2.24) is 9.88 Å². The lowest BCUT2D eigenvalue weighted by Crippen LogP contribution is -2.35. The second kappa shape index (κ2) is 8.31. The predicted molar refractivity (Wildman–Crippen MR) is 109 cm³/mol. The number of halogens is 4. The molecule has 2 amide bonds. The van der Waals surface area contributed by atoms with E-state index >= 15 is 0 Å². The monoisotopic (exact) mass is 435 g/mol. The maximum absolute atomic E-state index is 13.0. The third kappa shape index (κ3) is 4.71. The fourth-order valence-corrected chi connectivity index (χ4v) is 3.22. The van der Waals surface area contributed by atoms with Crippen LogP contribution < -0.4 is 5.32 Å². The summed E-state index contributed by atoms with van der Waals surface area (Å²) in [6.07, 6.45) is -4.65. The lowest BCUT2D eigenvalue weighted by molar-refractivity contribution is -0.137. The molecule has 0 unspecified atom stereocenters. The van der Waals surface area contributed by atoms with Gasteiger partial charge < -0.3 is 10.2 Å². The van der Waals surface area contributed by atoms with Crippen LogP contribution in [0.1, 0.15) is 21.6 Å². The number of carbonyl (C=O) groups is 2. The van der Waals surface area contributed by atoms with Crippen LogP contribution in [0.15, 0.2) is 48.5 Å². The van der Waals surface area contributed by atoms with Gasteiger partial charge in [0.2, 0.25) is 5.91 Å². The number of hydrogen-bond donors (Lipinski definition) is 1. The Labute approximate surface area is 175 Å². The molecular weight excluding hydrogens is 419 g/mol. The molecule has 1 heterocycles. The van der Waals surface area contributed by atoms with Crippen LogP contribution in [-0.4, -0.2) is 35.3 Å². The van der Waals surface area contributed by atoms with E-state index in [1.807, 2.05) is 6.07 Å². The Kier molecular flexibility index (Phi) is 5.98. The number of likely N-dealkylation sites (N-methyl/N-ethyl adjacent to an activating group) is 1. The highest BCUT2D eigenvalue weighted by Gasteiger charge is 2.33. The number of rotatable bonds is 4. The summed E-state index contributed by atoms with van der Waals surface area (Å²) in [5.74, 6) is -1.05. The van der Waals surface area contributed by atoms with E-state index in [4.69, 9.17) is 11.6 Å². The van der Waals surface area contributed by atoms with Crippen molar-refractivity contribution >= 4 is 40.0 Å². The molecule has 0 saturated heterocycles. The Morgan fingerprint density at radius 1 is 1.13 bits per heavy atom. The minimum absolute atomic E-state index is 0.0669. The van der Waals surface area contributed by atoms with Crippen molar-refractivity contribution in [1.29, 1.82) is 0 Å². The summed E-state index contributed by atoms with van der Waals surface area (Å²) in [5.41, 5.74) is 0.572. The van der Waals surface area contributed by atoms with Gasteiger partial charge in [-0.05, 0) is 37.3 Å². The number of alkyl halides is 3. The van der Waals surface area contributed by atoms with Crippen LogP contribution in [0.3, 0.4) is 0 Å². The summed E-state index contributed by atoms with van der Waals surface area (Å²) >= 11 is 5.58. The van der Waals surface area contributed by atoms with Gasteiger partial charge in [-0.2, -0.15) is 13.2 Å². The summed E-state index contributed by atoms with van der Waals surface area (Å²) in [7, 11) is 1.44. The molecule has 1 N–H and O–H groups in total. The lowest BCUT2D eigenvalue weighted by Gasteiger charge is -2.18. The normalized spacial score (nSPS) is 11.4. The number of aromatic nitrogens is 1. The first-order valence-corrected chi connectivity index (χ1v) is 9.22. The number of nitrogens with zero attached hydrogens (tertiary/aromatic N) is 2. The van der Waals surface area contributed by atoms with Crippen molar-refractivity contribution in [2.24, 2.45) is 0 Å². The number of aryl methyl sites for hydroxylation is 1. The molecule has 3 aromatic rings. The number of fused-ring (bicyclic) bond motifs is 1. The molecule has 0 saturated carbocycles. The number of hydrogen-bond acceptors (Lipinski definition) is 3. The van der Waals surface area contributed by atoms with E-state index in [2.05, 4.69) is 10.3 Å². The van der Waals surface area contributed by atoms with E-state index in [-0.39, 0.29) is 12.2 Å². The van der Waals surface area contributed by atoms with E-state index in [0.29, 0.717) is 22.2 Å². The maximum Gasteiger partial charge on any atom is 0.417 e. The Bertz CT molecular complexity index is 1130. The molecule has 0 aliphatic heterocycles. The standard InChI is InChI=1S/C21H17ClF3N3O2/c1-12-9-15(14-5-3-4-6-18(14)26-12)20(30)28(2)11-19(29)27-13-7-8-17(22)16(10-13)21(23,24)25/h3-10H,11H2,1-2H3,(H,27,29). The second-order valence-corrected chi connectivity index (χ2v) is 7.14. The number of benzene rings is 2. The lowest BCUT2D eigenvalue weighted by atomic mass is 10.1. The van der Waals surface area contributed by atoms with Crippen LogP contribution in [0, 0.1) is 6.92 Å². The van der Waals surface area contributed by atoms with Crippen molar-refractivity contribution in [3.05, 3.63) is 70.4 Å². The molecule has 0 atom stereocenters. The quantitative estimate of drug-likeness (QED) is 0.632. The molecule has 9 heteroatoms. The number of anilines is 1. The number of pyridine rings is 1. The van der Waals surface area contributed by atoms with Gasteiger partial charge >= 0.3 is 6.18 Å². The fourth-order valence-electron chi connectivity index (χ4n) is 3.00. The molecule has 30 heavy (non-hydrogen) atoms. The van der Waals surface area contributed by atoms with Gasteiger partial charge in [0.25, 0.3) is 5.91 Å². The predicted octanol–water partition coefficient (Wildman–Crippen LogP) is 4.93. The van der Waals surface area contributed by atoms with Gasteiger partial charge in [0.15, 0.2) is 0 Å². The zero-order valence-corrected chi connectivity index (χ0v) is 16.8. The highest BCUT2D eigenvalue weighted by Crippen LogP contribution is 2.36. The van der Waals surface area contributed by atoms with Gasteiger partial charge in [0.05, 0.1) is 28.2 Å². The van der Waals surface area contributed by atoms with Crippen molar-refractivity contribution < 1.29 is 22.8 Å². The molecule has 2 aromatic carbocycles. The average molecular weight is 436 g/mol. The Morgan fingerprint density at radius 2 is 1.83 bits per heavy atom. The maximum atomic E-state index is 13.0. The molecule has 0 bridgehead atoms. The highest BCUT2D eigenvalue weighted by atomic mass is 35.5. The molecule has 0 spiro atoms. The molecule has 156 valence electrons. The van der Waals surface area contributed by atoms with E-state index in [9.17, 15) is 22.8 Å². The molecule has 0 radical (unpaired) electrons. The number of carbonyl (C=O) groups excluding carboxylic acids is 2. The first kappa shape index (κ1) is 21.6. The van der Waals surface area contributed by atoms with Crippen molar-refractivity contribution in [3.63, 3.8) is 0 Å². The molecule has 0 aliphatic carbocycles. The molecule has 1 aromatic heterocycles. The third-order valence-corrected chi connectivity index (χ3v) is 4.69. The molecule has 0 aliphatic rings. The summed E-state index contributed by atoms with van der Waals surface area (Å²) in [4.78, 5) is 30.8. The van der Waals surface area contributed by atoms with Gasteiger partial charge in [-0.25, -0.2) is 0 Å². The average Bonchev–Trinajstić information content (AvgIpc) is 2.67. The number of para-hydroxylation sites is 1. The molecular formula is C21H17ClF3N3O2. The Hall–Kier alpha value is -3.13. The number of amides is 2. The smallest absolute Gasteiger partial charge is 0.332 e. The van der Waals surface area contributed by atoms with Crippen LogP contribution in [0.5, 0.6) is 0 Å². The largest absolute Gasteiger partial charge is 0.417 e. The van der Waals surface area contributed by atoms with Gasteiger partial charge in [-0.3, -0.25) is 14.6 Å². The van der Waals surface area contributed by atoms with Crippen LogP contribution in [0.4, 0.5) is 18.9 Å². The number of nitrogens with one attached hydrogen (secondary N) is 1. The topological polar surface area (TPSA) is 62.3 Å². The van der Waals surface area contributed by atoms with Gasteiger partial charge in [0, 0.05) is 23.8 Å². The molecule has 0 fully saturated rings. The molecule has 5 nitrogen and oxygen atoms in total. The summed E-state index contributed by atoms with van der Waals surface area (Å²) in [6, 6.07) is 11.8. The van der Waals surface area contributed by atoms with E-state index in [0.717, 1.165) is 12.1 Å². The van der Waals surface area contributed by atoms with Crippen LogP contribution in [0.2, 0.25) is 5.02 Å². The van der Waals surface area contributed by atoms with Gasteiger partial charge in [0.1, 0.15) is 0 Å². The zero-order valence-electron chi connectivity index (χ0n) is 16.0. The molecule has 3 rings (SSSR count). The van der Waals surface area contributed by atoms with Crippen molar-refractivity contribution in [3.8, 4) is 0 Å². The van der Waals surface area contributed by atoms with E-state index in [1.54, 1.807) is 31.2 Å².